The first kappa shape index (κ1) is 7.80. The summed E-state index contributed by atoms with van der Waals surface area (Å²) >= 11 is 3.54. The molecule has 1 heterocycles. The van der Waals surface area contributed by atoms with Crippen LogP contribution in [0.5, 0.6) is 0 Å². The predicted molar refractivity (Wildman–Crippen MR) is 49.0 cm³/mol. The van der Waals surface area contributed by atoms with Crippen LogP contribution in [-0.2, 0) is 0 Å². The van der Waals surface area contributed by atoms with Crippen LogP contribution in [0.3, 0.4) is 0 Å². The van der Waals surface area contributed by atoms with E-state index in [1.54, 1.807) is 6.20 Å². The molecule has 1 rings (SSSR count). The number of rotatable bonds is 2. The van der Waals surface area contributed by atoms with E-state index in [-0.39, 0.29) is 0 Å². The Morgan fingerprint density at radius 1 is 1.70 bits per heavy atom. The lowest BCUT2D eigenvalue weighted by Gasteiger charge is -1.99. The number of hydrogen-bond acceptors (Lipinski definition) is 1. The summed E-state index contributed by atoms with van der Waals surface area (Å²) in [5.74, 6) is 0. The van der Waals surface area contributed by atoms with Gasteiger partial charge in [0.15, 0.2) is 0 Å². The van der Waals surface area contributed by atoms with Gasteiger partial charge in [0.1, 0.15) is 0 Å². The van der Waals surface area contributed by atoms with Crippen molar-refractivity contribution < 1.29 is 0 Å². The van der Waals surface area contributed by atoms with E-state index >= 15 is 0 Å². The third-order valence-electron chi connectivity index (χ3n) is 1.40. The molecule has 0 bridgehead atoms. The summed E-state index contributed by atoms with van der Waals surface area (Å²) in [6.45, 7) is 2.15. The van der Waals surface area contributed by atoms with Crippen molar-refractivity contribution in [1.82, 2.24) is 4.98 Å². The molecule has 0 spiro atoms. The van der Waals surface area contributed by atoms with Crippen LogP contribution in [0.25, 0.3) is 0 Å². The average Bonchev–Trinajstić information content (AvgIpc) is 2.05. The van der Waals surface area contributed by atoms with Crippen LogP contribution in [-0.4, -0.2) is 10.5 Å². The van der Waals surface area contributed by atoms with Crippen molar-refractivity contribution in [3.05, 3.63) is 24.5 Å². The van der Waals surface area contributed by atoms with Crippen molar-refractivity contribution in [2.75, 3.05) is 0 Å². The van der Waals surface area contributed by atoms with E-state index in [1.165, 1.54) is 5.46 Å². The first-order valence-electron chi connectivity index (χ1n) is 3.38. The van der Waals surface area contributed by atoms with Gasteiger partial charge in [-0.25, -0.2) is 0 Å². The summed E-state index contributed by atoms with van der Waals surface area (Å²) in [7, 11) is 0. The summed E-state index contributed by atoms with van der Waals surface area (Å²) < 4.78 is 0. The van der Waals surface area contributed by atoms with Gasteiger partial charge in [0.25, 0.3) is 5.54 Å². The summed E-state index contributed by atoms with van der Waals surface area (Å²) in [4.78, 5) is 4.02. The Balaban J connectivity index is 2.75. The highest BCUT2D eigenvalue weighted by atomic mass is 79.9. The van der Waals surface area contributed by atoms with E-state index < -0.39 is 0 Å². The summed E-state index contributed by atoms with van der Waals surface area (Å²) in [5, 5.41) is 0. The van der Waals surface area contributed by atoms with Gasteiger partial charge in [-0.1, -0.05) is 19.3 Å². The fourth-order valence-corrected chi connectivity index (χ4v) is 1.07. The van der Waals surface area contributed by atoms with E-state index in [1.807, 2.05) is 12.3 Å². The number of hydrogen-bond donors (Lipinski definition) is 0. The lowest BCUT2D eigenvalue weighted by Crippen LogP contribution is -2.22. The smallest absolute Gasteiger partial charge is 0.256 e. The maximum Gasteiger partial charge on any atom is 0.256 e. The topological polar surface area (TPSA) is 12.9 Å². The van der Waals surface area contributed by atoms with E-state index in [9.17, 15) is 0 Å². The molecule has 0 atom stereocenters. The molecule has 10 heavy (non-hydrogen) atoms. The molecule has 0 unspecified atom stereocenters. The average molecular weight is 198 g/mol. The molecule has 52 valence electrons. The Morgan fingerprint density at radius 2 is 2.50 bits per heavy atom. The molecule has 0 aliphatic carbocycles. The van der Waals surface area contributed by atoms with Gasteiger partial charge in [-0.2, -0.15) is 0 Å². The van der Waals surface area contributed by atoms with Gasteiger partial charge in [0.2, 0.25) is 0 Å². The fourth-order valence-electron chi connectivity index (χ4n) is 0.797. The second-order valence-electron chi connectivity index (χ2n) is 2.16. The summed E-state index contributed by atoms with van der Waals surface area (Å²) in [6, 6.07) is 4.04. The van der Waals surface area contributed by atoms with Crippen molar-refractivity contribution in [3.8, 4) is 0 Å². The minimum absolute atomic E-state index is 0.459. The minimum atomic E-state index is 0.459. The summed E-state index contributed by atoms with van der Waals surface area (Å²) in [6.07, 6.45) is 4.79. The van der Waals surface area contributed by atoms with Crippen LogP contribution in [0.15, 0.2) is 24.5 Å². The number of pyridine rings is 1. The molecule has 1 aromatic rings. The Labute approximate surface area is 69.9 Å². The number of aromatic nitrogens is 1. The maximum absolute atomic E-state index is 4.02. The first-order chi connectivity index (χ1) is 4.84. The molecule has 0 aliphatic rings. The molecule has 1 nitrogen and oxygen atoms in total. The first-order valence-corrected chi connectivity index (χ1v) is 4.30. The van der Waals surface area contributed by atoms with Crippen LogP contribution in [0.1, 0.15) is 6.92 Å². The SMILES string of the molecule is CCB(Br)c1cccnc1. The van der Waals surface area contributed by atoms with Crippen molar-refractivity contribution in [1.29, 1.82) is 0 Å². The Kier molecular flexibility index (Phi) is 2.94. The highest BCUT2D eigenvalue weighted by Crippen LogP contribution is 1.99. The molecule has 0 aliphatic heterocycles. The zero-order valence-corrected chi connectivity index (χ0v) is 7.51. The van der Waals surface area contributed by atoms with Crippen molar-refractivity contribution in [2.45, 2.75) is 13.2 Å². The van der Waals surface area contributed by atoms with Crippen LogP contribution < -0.4 is 5.46 Å². The molecule has 0 fully saturated rings. The zero-order chi connectivity index (χ0) is 7.40. The van der Waals surface area contributed by atoms with Gasteiger partial charge in [-0.15, -0.1) is 15.8 Å². The monoisotopic (exact) mass is 197 g/mol. The molecule has 0 saturated carbocycles. The molecular formula is C7H9BBrN. The Hall–Kier alpha value is -0.305. The largest absolute Gasteiger partial charge is 0.265 e. The maximum atomic E-state index is 4.02. The van der Waals surface area contributed by atoms with Crippen molar-refractivity contribution in [3.63, 3.8) is 0 Å². The van der Waals surface area contributed by atoms with E-state index in [2.05, 4.69) is 33.7 Å². The molecule has 0 radical (unpaired) electrons. The minimum Gasteiger partial charge on any atom is -0.265 e. The van der Waals surface area contributed by atoms with Crippen LogP contribution in [0.2, 0.25) is 6.32 Å². The fraction of sp³-hybridized carbons (Fsp3) is 0.286. The van der Waals surface area contributed by atoms with Crippen molar-refractivity contribution >= 4 is 26.8 Å². The van der Waals surface area contributed by atoms with Gasteiger partial charge >= 0.3 is 0 Å². The van der Waals surface area contributed by atoms with Crippen molar-refractivity contribution in [2.24, 2.45) is 0 Å². The quantitative estimate of drug-likeness (QED) is 0.658. The Morgan fingerprint density at radius 3 is 3.00 bits per heavy atom. The number of nitrogens with zero attached hydrogens (tertiary/aromatic N) is 1. The van der Waals surface area contributed by atoms with Gasteiger partial charge in [-0.3, -0.25) is 4.98 Å². The normalized spacial score (nSPS) is 9.40. The lowest BCUT2D eigenvalue weighted by molar-refractivity contribution is 1.34. The highest BCUT2D eigenvalue weighted by Gasteiger charge is 2.07. The highest BCUT2D eigenvalue weighted by molar-refractivity contribution is 9.25. The second-order valence-corrected chi connectivity index (χ2v) is 3.27. The molecule has 0 amide bonds. The second kappa shape index (κ2) is 3.76. The van der Waals surface area contributed by atoms with E-state index in [4.69, 9.17) is 0 Å². The molecule has 1 aromatic heterocycles. The standard InChI is InChI=1S/C7H9BBrN/c1-2-8(9)7-4-3-5-10-6-7/h3-6H,2H2,1H3. The molecule has 3 heteroatoms. The third-order valence-corrected chi connectivity index (χ3v) is 2.58. The van der Waals surface area contributed by atoms with Gasteiger partial charge in [0.05, 0.1) is 0 Å². The van der Waals surface area contributed by atoms with Crippen LogP contribution >= 0.6 is 15.8 Å². The number of halogens is 1. The van der Waals surface area contributed by atoms with Crippen LogP contribution in [0.4, 0.5) is 0 Å². The lowest BCUT2D eigenvalue weighted by atomic mass is 9.68. The molecular weight excluding hydrogens is 189 g/mol. The Bertz CT molecular complexity index is 190. The molecule has 0 N–H and O–H groups in total. The van der Waals surface area contributed by atoms with Gasteiger partial charge < -0.3 is 0 Å². The van der Waals surface area contributed by atoms with Gasteiger partial charge in [0, 0.05) is 12.4 Å². The van der Waals surface area contributed by atoms with Gasteiger partial charge in [-0.05, 0) is 11.5 Å². The third kappa shape index (κ3) is 1.84. The summed E-state index contributed by atoms with van der Waals surface area (Å²) in [5.41, 5.74) is 1.71. The van der Waals surface area contributed by atoms with Crippen LogP contribution in [0, 0.1) is 0 Å². The van der Waals surface area contributed by atoms with E-state index in [0.29, 0.717) is 5.54 Å². The predicted octanol–water partition coefficient (Wildman–Crippen LogP) is 1.69. The molecule has 0 saturated heterocycles. The zero-order valence-electron chi connectivity index (χ0n) is 5.92. The van der Waals surface area contributed by atoms with E-state index in [0.717, 1.165) is 6.32 Å². The molecule has 0 aromatic carbocycles.